The molecule has 2 saturated heterocycles. The van der Waals surface area contributed by atoms with Gasteiger partial charge in [-0.25, -0.2) is 4.79 Å². The molecule has 0 aromatic rings. The Morgan fingerprint density at radius 2 is 1.75 bits per heavy atom. The highest BCUT2D eigenvalue weighted by molar-refractivity contribution is 5.91. The first kappa shape index (κ1) is 14.7. The smallest absolute Gasteiger partial charge is 0.413 e. The van der Waals surface area contributed by atoms with Gasteiger partial charge in [0.1, 0.15) is 0 Å². The minimum absolute atomic E-state index is 0.0995. The number of ether oxygens (including phenoxy) is 3. The summed E-state index contributed by atoms with van der Waals surface area (Å²) < 4.78 is 14.1. The molecule has 0 aromatic carbocycles. The van der Waals surface area contributed by atoms with Gasteiger partial charge in [0.15, 0.2) is 5.60 Å². The normalized spacial score (nSPS) is 37.4. The molecule has 2 rings (SSSR count). The standard InChI is InChI=1S/C11H14O9/c12-3-1-2-6-11(17)19-8(14)5-10(16,9(15)20-11)4-7(13)18-6/h6,12,16-17H,1-5H2. The van der Waals surface area contributed by atoms with Crippen molar-refractivity contribution in [2.75, 3.05) is 6.61 Å². The van der Waals surface area contributed by atoms with Crippen LogP contribution in [0.1, 0.15) is 25.7 Å². The van der Waals surface area contributed by atoms with Gasteiger partial charge in [0.25, 0.3) is 0 Å². The molecule has 0 saturated carbocycles. The molecule has 2 bridgehead atoms. The van der Waals surface area contributed by atoms with E-state index < -0.39 is 48.4 Å². The molecule has 9 heteroatoms. The lowest BCUT2D eigenvalue weighted by atomic mass is 9.95. The quantitative estimate of drug-likeness (QED) is 0.500. The highest BCUT2D eigenvalue weighted by atomic mass is 16.9. The number of hydrogen-bond donors (Lipinski definition) is 3. The number of carbonyl (C=O) groups is 3. The Hall–Kier alpha value is -1.71. The lowest BCUT2D eigenvalue weighted by Gasteiger charge is -2.34. The third kappa shape index (κ3) is 2.60. The number of cyclic esters (lactones) is 1. The van der Waals surface area contributed by atoms with Crippen LogP contribution in [0, 0.1) is 0 Å². The lowest BCUT2D eigenvalue weighted by molar-refractivity contribution is -0.363. The fourth-order valence-corrected chi connectivity index (χ4v) is 2.06. The zero-order chi connectivity index (χ0) is 15.0. The number of fused-ring (bicyclic) bond motifs is 3. The number of aliphatic hydroxyl groups excluding tert-OH is 1. The second-order valence-electron chi connectivity index (χ2n) is 4.72. The molecule has 3 unspecified atom stereocenters. The van der Waals surface area contributed by atoms with Gasteiger partial charge in [-0.15, -0.1) is 0 Å². The highest BCUT2D eigenvalue weighted by Gasteiger charge is 2.58. The fourth-order valence-electron chi connectivity index (χ4n) is 2.06. The van der Waals surface area contributed by atoms with Gasteiger partial charge < -0.3 is 29.5 Å². The zero-order valence-electron chi connectivity index (χ0n) is 10.4. The van der Waals surface area contributed by atoms with Gasteiger partial charge in [-0.2, -0.15) is 0 Å². The van der Waals surface area contributed by atoms with E-state index in [2.05, 4.69) is 9.47 Å². The average molecular weight is 290 g/mol. The summed E-state index contributed by atoms with van der Waals surface area (Å²) in [5.74, 6) is -6.22. The summed E-state index contributed by atoms with van der Waals surface area (Å²) in [6, 6.07) is 0. The first-order valence-corrected chi connectivity index (χ1v) is 5.99. The molecule has 3 atom stereocenters. The molecule has 0 aromatic heterocycles. The number of hydrogen-bond acceptors (Lipinski definition) is 9. The molecule has 20 heavy (non-hydrogen) atoms. The summed E-state index contributed by atoms with van der Waals surface area (Å²) in [6.45, 7) is -0.268. The molecule has 9 nitrogen and oxygen atoms in total. The minimum Gasteiger partial charge on any atom is -0.451 e. The highest BCUT2D eigenvalue weighted by Crippen LogP contribution is 2.34. The van der Waals surface area contributed by atoms with Crippen molar-refractivity contribution in [3.8, 4) is 0 Å². The van der Waals surface area contributed by atoms with E-state index >= 15 is 0 Å². The first-order valence-electron chi connectivity index (χ1n) is 5.99. The van der Waals surface area contributed by atoms with Gasteiger partial charge in [-0.1, -0.05) is 0 Å². The van der Waals surface area contributed by atoms with Crippen molar-refractivity contribution < 1.29 is 43.9 Å². The number of aliphatic hydroxyl groups is 3. The molecule has 0 amide bonds. The Bertz CT molecular complexity index is 447. The third-order valence-electron chi connectivity index (χ3n) is 3.06. The predicted molar refractivity (Wildman–Crippen MR) is 57.5 cm³/mol. The summed E-state index contributed by atoms with van der Waals surface area (Å²) in [4.78, 5) is 34.9. The van der Waals surface area contributed by atoms with Crippen molar-refractivity contribution >= 4 is 17.9 Å². The molecule has 2 aliphatic heterocycles. The third-order valence-corrected chi connectivity index (χ3v) is 3.06. The van der Waals surface area contributed by atoms with Crippen LogP contribution in [0.3, 0.4) is 0 Å². The zero-order valence-corrected chi connectivity index (χ0v) is 10.4. The fraction of sp³-hybridized carbons (Fsp3) is 0.727. The largest absolute Gasteiger partial charge is 0.451 e. The van der Waals surface area contributed by atoms with Crippen molar-refractivity contribution in [3.63, 3.8) is 0 Å². The van der Waals surface area contributed by atoms with Crippen LogP contribution in [0.15, 0.2) is 0 Å². The Balaban J connectivity index is 2.38. The predicted octanol–water partition coefficient (Wildman–Crippen LogP) is -2.06. The van der Waals surface area contributed by atoms with Crippen LogP contribution in [0.4, 0.5) is 0 Å². The van der Waals surface area contributed by atoms with E-state index in [0.29, 0.717) is 0 Å². The van der Waals surface area contributed by atoms with E-state index in [9.17, 15) is 24.6 Å². The van der Waals surface area contributed by atoms with Crippen LogP contribution < -0.4 is 0 Å². The summed E-state index contributed by atoms with van der Waals surface area (Å²) in [6.07, 6.45) is -3.07. The van der Waals surface area contributed by atoms with Crippen LogP contribution in [-0.2, 0) is 28.6 Å². The number of carbonyl (C=O) groups excluding carboxylic acids is 3. The molecular weight excluding hydrogens is 276 g/mol. The lowest BCUT2D eigenvalue weighted by Crippen LogP contribution is -2.55. The van der Waals surface area contributed by atoms with Crippen molar-refractivity contribution in [2.24, 2.45) is 0 Å². The molecule has 0 spiro atoms. The topological polar surface area (TPSA) is 140 Å². The summed E-state index contributed by atoms with van der Waals surface area (Å²) in [7, 11) is 0. The van der Waals surface area contributed by atoms with E-state index in [1.807, 2.05) is 0 Å². The molecule has 3 N–H and O–H groups in total. The average Bonchev–Trinajstić information content (AvgIpc) is 2.37. The summed E-state index contributed by atoms with van der Waals surface area (Å²) in [5, 5.41) is 28.8. The van der Waals surface area contributed by atoms with Crippen LogP contribution in [0.5, 0.6) is 0 Å². The van der Waals surface area contributed by atoms with Crippen molar-refractivity contribution in [2.45, 2.75) is 43.4 Å². The van der Waals surface area contributed by atoms with Gasteiger partial charge >= 0.3 is 23.9 Å². The molecule has 0 aliphatic carbocycles. The van der Waals surface area contributed by atoms with Gasteiger partial charge in [0.05, 0.1) is 12.8 Å². The maximum absolute atomic E-state index is 11.8. The van der Waals surface area contributed by atoms with E-state index in [-0.39, 0.29) is 19.4 Å². The Morgan fingerprint density at radius 1 is 1.10 bits per heavy atom. The Kier molecular flexibility index (Phi) is 3.67. The SMILES string of the molecule is O=C1CC2(O)CC(=O)OC(O)(OC2=O)C(CCCO)O1. The minimum atomic E-state index is -2.80. The Labute approximate surface area is 113 Å². The first-order chi connectivity index (χ1) is 9.29. The number of rotatable bonds is 3. The van der Waals surface area contributed by atoms with Crippen molar-refractivity contribution in [3.05, 3.63) is 0 Å². The molecule has 2 heterocycles. The molecule has 112 valence electrons. The van der Waals surface area contributed by atoms with Gasteiger partial charge in [-0.05, 0) is 12.8 Å². The van der Waals surface area contributed by atoms with E-state index in [1.165, 1.54) is 0 Å². The van der Waals surface area contributed by atoms with Gasteiger partial charge in [0.2, 0.25) is 6.10 Å². The summed E-state index contributed by atoms with van der Waals surface area (Å²) in [5.41, 5.74) is -2.42. The van der Waals surface area contributed by atoms with Gasteiger partial charge in [0, 0.05) is 6.61 Å². The van der Waals surface area contributed by atoms with Crippen molar-refractivity contribution in [1.29, 1.82) is 0 Å². The maximum atomic E-state index is 11.8. The molecular formula is C11H14O9. The van der Waals surface area contributed by atoms with Crippen LogP contribution in [-0.4, -0.2) is 57.5 Å². The second kappa shape index (κ2) is 5.00. The van der Waals surface area contributed by atoms with Crippen molar-refractivity contribution in [1.82, 2.24) is 0 Å². The maximum Gasteiger partial charge on any atom is 0.413 e. The van der Waals surface area contributed by atoms with Gasteiger partial charge in [-0.3, -0.25) is 9.59 Å². The van der Waals surface area contributed by atoms with E-state index in [1.54, 1.807) is 0 Å². The second-order valence-corrected chi connectivity index (χ2v) is 4.72. The van der Waals surface area contributed by atoms with E-state index in [0.717, 1.165) is 0 Å². The van der Waals surface area contributed by atoms with Crippen LogP contribution in [0.25, 0.3) is 0 Å². The Morgan fingerprint density at radius 3 is 2.40 bits per heavy atom. The van der Waals surface area contributed by atoms with Crippen LogP contribution >= 0.6 is 0 Å². The molecule has 0 radical (unpaired) electrons. The monoisotopic (exact) mass is 290 g/mol. The molecule has 2 fully saturated rings. The molecule has 2 aliphatic rings. The van der Waals surface area contributed by atoms with E-state index in [4.69, 9.17) is 9.84 Å². The summed E-state index contributed by atoms with van der Waals surface area (Å²) >= 11 is 0. The van der Waals surface area contributed by atoms with Crippen LogP contribution in [0.2, 0.25) is 0 Å². The number of esters is 3.